The standard InChI is InChI=1S/C16H34N2O5S2/c1-15(14-25-24-4)13-17(2)5-7-21-9-11-23-12-10-22-8-6-18(3)16(19)20/h15H,5-14H2,1-4H3,(H,19,20). The molecular weight excluding hydrogens is 364 g/mol. The Balaban J connectivity index is 3.29. The van der Waals surface area contributed by atoms with Gasteiger partial charge in [-0.15, -0.1) is 0 Å². The predicted octanol–water partition coefficient (Wildman–Crippen LogP) is 2.23. The van der Waals surface area contributed by atoms with Crippen molar-refractivity contribution in [2.24, 2.45) is 5.92 Å². The van der Waals surface area contributed by atoms with Crippen LogP contribution in [0.3, 0.4) is 0 Å². The summed E-state index contributed by atoms with van der Waals surface area (Å²) in [6.45, 7) is 7.80. The highest BCUT2D eigenvalue weighted by atomic mass is 33.1. The Bertz CT molecular complexity index is 327. The number of carbonyl (C=O) groups is 1. The third-order valence-electron chi connectivity index (χ3n) is 3.35. The van der Waals surface area contributed by atoms with Gasteiger partial charge in [-0.05, 0) is 19.2 Å². The van der Waals surface area contributed by atoms with Crippen LogP contribution in [0.5, 0.6) is 0 Å². The average Bonchev–Trinajstić information content (AvgIpc) is 2.57. The van der Waals surface area contributed by atoms with Crippen LogP contribution in [-0.4, -0.2) is 106 Å². The van der Waals surface area contributed by atoms with E-state index in [4.69, 9.17) is 19.3 Å². The molecule has 0 aromatic rings. The molecular formula is C16H34N2O5S2. The molecule has 0 aliphatic heterocycles. The van der Waals surface area contributed by atoms with Crippen molar-refractivity contribution in [3.63, 3.8) is 0 Å². The third kappa shape index (κ3) is 17.0. The van der Waals surface area contributed by atoms with Crippen LogP contribution in [0.2, 0.25) is 0 Å². The van der Waals surface area contributed by atoms with Crippen molar-refractivity contribution in [1.29, 1.82) is 0 Å². The SMILES string of the molecule is CSSCC(C)CN(C)CCOCCOCCOCCN(C)C(=O)O. The maximum absolute atomic E-state index is 10.6. The van der Waals surface area contributed by atoms with Crippen molar-refractivity contribution in [1.82, 2.24) is 9.80 Å². The summed E-state index contributed by atoms with van der Waals surface area (Å²) in [7, 11) is 7.37. The normalized spacial score (nSPS) is 12.5. The molecule has 0 bridgehead atoms. The van der Waals surface area contributed by atoms with Crippen molar-refractivity contribution in [2.45, 2.75) is 6.92 Å². The van der Waals surface area contributed by atoms with Gasteiger partial charge in [-0.3, -0.25) is 0 Å². The third-order valence-corrected chi connectivity index (χ3v) is 5.41. The molecule has 0 aliphatic carbocycles. The van der Waals surface area contributed by atoms with Crippen LogP contribution < -0.4 is 0 Å². The van der Waals surface area contributed by atoms with Gasteiger partial charge in [0, 0.05) is 32.4 Å². The molecule has 0 aromatic carbocycles. The molecule has 1 atom stereocenters. The minimum atomic E-state index is -0.948. The van der Waals surface area contributed by atoms with E-state index in [1.165, 1.54) is 17.7 Å². The molecule has 0 heterocycles. The molecule has 1 N–H and O–H groups in total. The van der Waals surface area contributed by atoms with Crippen LogP contribution in [-0.2, 0) is 14.2 Å². The maximum Gasteiger partial charge on any atom is 0.407 e. The minimum absolute atomic E-state index is 0.362. The molecule has 25 heavy (non-hydrogen) atoms. The first kappa shape index (κ1) is 24.8. The molecule has 0 radical (unpaired) electrons. The van der Waals surface area contributed by atoms with Gasteiger partial charge in [0.2, 0.25) is 0 Å². The van der Waals surface area contributed by atoms with Crippen LogP contribution in [0.25, 0.3) is 0 Å². The van der Waals surface area contributed by atoms with Gasteiger partial charge < -0.3 is 29.1 Å². The predicted molar refractivity (Wildman–Crippen MR) is 106 cm³/mol. The fourth-order valence-electron chi connectivity index (χ4n) is 1.92. The Kier molecular flexibility index (Phi) is 17.1. The number of ether oxygens (including phenoxy) is 3. The highest BCUT2D eigenvalue weighted by molar-refractivity contribution is 8.76. The zero-order valence-electron chi connectivity index (χ0n) is 15.9. The summed E-state index contributed by atoms with van der Waals surface area (Å²) in [5.74, 6) is 1.86. The van der Waals surface area contributed by atoms with E-state index in [0.717, 1.165) is 13.1 Å². The van der Waals surface area contributed by atoms with Crippen LogP contribution in [0.4, 0.5) is 4.79 Å². The lowest BCUT2D eigenvalue weighted by Crippen LogP contribution is -2.29. The van der Waals surface area contributed by atoms with Crippen molar-refractivity contribution in [3.8, 4) is 0 Å². The van der Waals surface area contributed by atoms with Crippen molar-refractivity contribution >= 4 is 27.7 Å². The number of amides is 1. The monoisotopic (exact) mass is 398 g/mol. The Hall–Kier alpha value is -0.190. The number of likely N-dealkylation sites (N-methyl/N-ethyl adjacent to an activating group) is 2. The van der Waals surface area contributed by atoms with Gasteiger partial charge in [-0.2, -0.15) is 0 Å². The molecule has 0 aliphatic rings. The van der Waals surface area contributed by atoms with Crippen molar-refractivity contribution in [3.05, 3.63) is 0 Å². The van der Waals surface area contributed by atoms with E-state index in [9.17, 15) is 4.79 Å². The first-order chi connectivity index (χ1) is 12.0. The molecule has 1 amide bonds. The molecule has 0 fully saturated rings. The van der Waals surface area contributed by atoms with Gasteiger partial charge in [0.25, 0.3) is 0 Å². The van der Waals surface area contributed by atoms with Gasteiger partial charge in [0.05, 0.1) is 39.6 Å². The summed E-state index contributed by atoms with van der Waals surface area (Å²) < 4.78 is 16.3. The average molecular weight is 399 g/mol. The van der Waals surface area contributed by atoms with Gasteiger partial charge in [0.1, 0.15) is 0 Å². The lowest BCUT2D eigenvalue weighted by Gasteiger charge is -2.20. The Morgan fingerprint density at radius 3 is 2.04 bits per heavy atom. The summed E-state index contributed by atoms with van der Waals surface area (Å²) in [6, 6.07) is 0. The molecule has 0 saturated carbocycles. The lowest BCUT2D eigenvalue weighted by atomic mass is 10.2. The smallest absolute Gasteiger partial charge is 0.407 e. The first-order valence-corrected chi connectivity index (χ1v) is 11.2. The number of hydrogen-bond acceptors (Lipinski definition) is 7. The number of rotatable bonds is 17. The van der Waals surface area contributed by atoms with E-state index in [2.05, 4.69) is 25.1 Å². The van der Waals surface area contributed by atoms with E-state index in [0.29, 0.717) is 52.1 Å². The fraction of sp³-hybridized carbons (Fsp3) is 0.938. The van der Waals surface area contributed by atoms with E-state index in [-0.39, 0.29) is 0 Å². The topological polar surface area (TPSA) is 71.5 Å². The highest BCUT2D eigenvalue weighted by Gasteiger charge is 2.06. The minimum Gasteiger partial charge on any atom is -0.465 e. The van der Waals surface area contributed by atoms with Crippen molar-refractivity contribution < 1.29 is 24.1 Å². The van der Waals surface area contributed by atoms with Gasteiger partial charge in [-0.1, -0.05) is 28.5 Å². The van der Waals surface area contributed by atoms with Gasteiger partial charge >= 0.3 is 6.09 Å². The largest absolute Gasteiger partial charge is 0.465 e. The van der Waals surface area contributed by atoms with Gasteiger partial charge in [0.15, 0.2) is 0 Å². The molecule has 1 unspecified atom stereocenters. The molecule has 0 aromatic heterocycles. The summed E-state index contributed by atoms with van der Waals surface area (Å²) in [4.78, 5) is 14.0. The Morgan fingerprint density at radius 1 is 1.00 bits per heavy atom. The van der Waals surface area contributed by atoms with Crippen LogP contribution in [0.15, 0.2) is 0 Å². The van der Waals surface area contributed by atoms with E-state index >= 15 is 0 Å². The fourth-order valence-corrected chi connectivity index (χ4v) is 3.50. The highest BCUT2D eigenvalue weighted by Crippen LogP contribution is 2.20. The number of hydrogen-bond donors (Lipinski definition) is 1. The zero-order chi connectivity index (χ0) is 18.9. The van der Waals surface area contributed by atoms with E-state index in [1.807, 2.05) is 21.6 Å². The second-order valence-corrected chi connectivity index (χ2v) is 8.47. The summed E-state index contributed by atoms with van der Waals surface area (Å²) >= 11 is 0. The van der Waals surface area contributed by atoms with Crippen LogP contribution in [0.1, 0.15) is 6.92 Å². The molecule has 0 rings (SSSR count). The molecule has 7 nitrogen and oxygen atoms in total. The second-order valence-electron chi connectivity index (χ2n) is 5.86. The lowest BCUT2D eigenvalue weighted by molar-refractivity contribution is 0.00895. The number of nitrogens with zero attached hydrogens (tertiary/aromatic N) is 2. The maximum atomic E-state index is 10.6. The Labute approximate surface area is 160 Å². The first-order valence-electron chi connectivity index (χ1n) is 8.48. The van der Waals surface area contributed by atoms with E-state index < -0.39 is 6.09 Å². The van der Waals surface area contributed by atoms with Crippen LogP contribution >= 0.6 is 21.6 Å². The van der Waals surface area contributed by atoms with Crippen molar-refractivity contribution in [2.75, 3.05) is 85.4 Å². The van der Waals surface area contributed by atoms with Crippen LogP contribution in [0, 0.1) is 5.92 Å². The molecule has 9 heteroatoms. The zero-order valence-corrected chi connectivity index (χ0v) is 17.6. The quantitative estimate of drug-likeness (QED) is 0.295. The van der Waals surface area contributed by atoms with Gasteiger partial charge in [-0.25, -0.2) is 4.79 Å². The summed E-state index contributed by atoms with van der Waals surface area (Å²) in [6.07, 6.45) is 1.16. The Morgan fingerprint density at radius 2 is 1.52 bits per heavy atom. The molecule has 150 valence electrons. The number of carboxylic acid groups (broad SMARTS) is 1. The summed E-state index contributed by atoms with van der Waals surface area (Å²) in [5, 5.41) is 8.66. The second kappa shape index (κ2) is 17.2. The summed E-state index contributed by atoms with van der Waals surface area (Å²) in [5.41, 5.74) is 0. The van der Waals surface area contributed by atoms with E-state index in [1.54, 1.807) is 0 Å². The molecule has 0 saturated heterocycles. The molecule has 0 spiro atoms.